The van der Waals surface area contributed by atoms with E-state index >= 15 is 0 Å². The van der Waals surface area contributed by atoms with Gasteiger partial charge in [0, 0.05) is 17.3 Å². The summed E-state index contributed by atoms with van der Waals surface area (Å²) in [5.41, 5.74) is 11.4. The van der Waals surface area contributed by atoms with Crippen molar-refractivity contribution in [3.63, 3.8) is 0 Å². The molecule has 1 amide bonds. The van der Waals surface area contributed by atoms with E-state index in [1.54, 1.807) is 54.9 Å². The van der Waals surface area contributed by atoms with Crippen molar-refractivity contribution in [3.05, 3.63) is 115 Å². The van der Waals surface area contributed by atoms with E-state index in [9.17, 15) is 9.59 Å². The number of anilines is 2. The van der Waals surface area contributed by atoms with Crippen LogP contribution in [-0.4, -0.2) is 41.5 Å². The molecule has 0 spiro atoms. The number of rotatable bonds is 7. The maximum atomic E-state index is 12.8. The van der Waals surface area contributed by atoms with Gasteiger partial charge < -0.3 is 16.2 Å². The van der Waals surface area contributed by atoms with Crippen LogP contribution in [0.3, 0.4) is 0 Å². The number of carboxylic acids is 1. The molecule has 0 bridgehead atoms. The Balaban J connectivity index is 1.38. The number of amides is 1. The molecule has 0 aliphatic heterocycles. The highest BCUT2D eigenvalue weighted by atomic mass is 16.4. The van der Waals surface area contributed by atoms with E-state index in [4.69, 9.17) is 20.8 Å². The Kier molecular flexibility index (Phi) is 6.62. The second-order valence-electron chi connectivity index (χ2n) is 9.24. The van der Waals surface area contributed by atoms with Crippen LogP contribution in [0.5, 0.6) is 0 Å². The lowest BCUT2D eigenvalue weighted by atomic mass is 10.1. The van der Waals surface area contributed by atoms with E-state index in [2.05, 4.69) is 15.3 Å². The molecule has 0 saturated heterocycles. The molecule has 0 aliphatic carbocycles. The van der Waals surface area contributed by atoms with Gasteiger partial charge in [-0.15, -0.1) is 0 Å². The van der Waals surface area contributed by atoms with Crippen molar-refractivity contribution in [1.29, 1.82) is 0 Å². The fourth-order valence-electron chi connectivity index (χ4n) is 4.54. The first-order valence-electron chi connectivity index (χ1n) is 12.7. The van der Waals surface area contributed by atoms with E-state index in [1.807, 2.05) is 53.1 Å². The van der Waals surface area contributed by atoms with Gasteiger partial charge in [0.25, 0.3) is 5.91 Å². The van der Waals surface area contributed by atoms with Gasteiger partial charge in [-0.1, -0.05) is 42.5 Å². The van der Waals surface area contributed by atoms with Crippen LogP contribution in [-0.2, 0) is 11.2 Å². The maximum absolute atomic E-state index is 12.8. The van der Waals surface area contributed by atoms with Gasteiger partial charge in [-0.05, 0) is 54.1 Å². The first kappa shape index (κ1) is 25.4. The number of nitrogens with zero attached hydrogens (tertiary/aromatic N) is 5. The molecule has 4 heterocycles. The lowest BCUT2D eigenvalue weighted by Gasteiger charge is -2.11. The average molecular weight is 542 g/mol. The predicted molar refractivity (Wildman–Crippen MR) is 155 cm³/mol. The highest BCUT2D eigenvalue weighted by Gasteiger charge is 2.19. The molecule has 0 saturated carbocycles. The Morgan fingerprint density at radius 2 is 1.73 bits per heavy atom. The molecular formula is C31H23N7O3. The molecule has 10 heteroatoms. The summed E-state index contributed by atoms with van der Waals surface area (Å²) in [5.74, 6) is -0.160. The summed E-state index contributed by atoms with van der Waals surface area (Å²) < 4.78 is 1.86. The number of nitrogens with one attached hydrogen (secondary N) is 1. The van der Waals surface area contributed by atoms with Crippen molar-refractivity contribution in [2.24, 2.45) is 0 Å². The second-order valence-corrected chi connectivity index (χ2v) is 9.24. The number of carbonyl (C=O) groups is 2. The van der Waals surface area contributed by atoms with Gasteiger partial charge in [0.15, 0.2) is 11.5 Å². The van der Waals surface area contributed by atoms with E-state index < -0.39 is 11.9 Å². The number of aromatic nitrogens is 5. The number of hydrogen-bond acceptors (Lipinski definition) is 7. The van der Waals surface area contributed by atoms with Crippen LogP contribution >= 0.6 is 0 Å². The molecule has 6 rings (SSSR count). The number of aliphatic carboxylic acids is 1. The molecule has 4 aromatic heterocycles. The first-order valence-corrected chi connectivity index (χ1v) is 12.7. The maximum Gasteiger partial charge on any atom is 0.307 e. The monoisotopic (exact) mass is 541 g/mol. The van der Waals surface area contributed by atoms with Crippen LogP contribution in [0.2, 0.25) is 0 Å². The zero-order valence-corrected chi connectivity index (χ0v) is 21.6. The van der Waals surface area contributed by atoms with Crippen LogP contribution in [0, 0.1) is 0 Å². The van der Waals surface area contributed by atoms with Crippen molar-refractivity contribution >= 4 is 34.7 Å². The van der Waals surface area contributed by atoms with Crippen molar-refractivity contribution in [1.82, 2.24) is 24.5 Å². The minimum atomic E-state index is -0.968. The van der Waals surface area contributed by atoms with E-state index in [0.29, 0.717) is 51.0 Å². The zero-order chi connectivity index (χ0) is 28.3. The van der Waals surface area contributed by atoms with E-state index in [1.165, 1.54) is 0 Å². The molecule has 2 aromatic carbocycles. The second kappa shape index (κ2) is 10.7. The van der Waals surface area contributed by atoms with Crippen molar-refractivity contribution in [2.75, 3.05) is 11.1 Å². The Labute approximate surface area is 234 Å². The summed E-state index contributed by atoms with van der Waals surface area (Å²) in [5, 5.41) is 11.8. The van der Waals surface area contributed by atoms with Crippen LogP contribution in [0.1, 0.15) is 15.9 Å². The largest absolute Gasteiger partial charge is 0.481 e. The number of nitrogens with two attached hydrogens (primary N) is 1. The molecule has 0 fully saturated rings. The fraction of sp³-hybridized carbons (Fsp3) is 0.0323. The Morgan fingerprint density at radius 3 is 2.49 bits per heavy atom. The fourth-order valence-corrected chi connectivity index (χ4v) is 4.54. The third kappa shape index (κ3) is 5.21. The predicted octanol–water partition coefficient (Wildman–Crippen LogP) is 5.01. The molecule has 0 atom stereocenters. The third-order valence-corrected chi connectivity index (χ3v) is 6.45. The summed E-state index contributed by atoms with van der Waals surface area (Å²) in [4.78, 5) is 42.4. The highest BCUT2D eigenvalue weighted by molar-refractivity contribution is 6.04. The quantitative estimate of drug-likeness (QED) is 0.255. The van der Waals surface area contributed by atoms with Gasteiger partial charge in [0.1, 0.15) is 17.2 Å². The normalized spacial score (nSPS) is 10.9. The van der Waals surface area contributed by atoms with E-state index in [0.717, 1.165) is 11.3 Å². The van der Waals surface area contributed by atoms with Gasteiger partial charge in [0.05, 0.1) is 29.6 Å². The minimum absolute atomic E-state index is 0.170. The van der Waals surface area contributed by atoms with Crippen LogP contribution in [0.15, 0.2) is 103 Å². The summed E-state index contributed by atoms with van der Waals surface area (Å²) in [6.07, 6.45) is 3.06. The number of imidazole rings is 1. The van der Waals surface area contributed by atoms with Crippen LogP contribution < -0.4 is 11.1 Å². The van der Waals surface area contributed by atoms with Gasteiger partial charge in [0.2, 0.25) is 0 Å². The van der Waals surface area contributed by atoms with E-state index in [-0.39, 0.29) is 6.42 Å². The molecular weight excluding hydrogens is 518 g/mol. The first-order chi connectivity index (χ1) is 20.0. The molecule has 41 heavy (non-hydrogen) atoms. The topological polar surface area (TPSA) is 149 Å². The summed E-state index contributed by atoms with van der Waals surface area (Å²) in [7, 11) is 0. The number of benzene rings is 2. The third-order valence-electron chi connectivity index (χ3n) is 6.45. The highest BCUT2D eigenvalue weighted by Crippen LogP contribution is 2.31. The smallest absolute Gasteiger partial charge is 0.307 e. The number of carboxylic acid groups (broad SMARTS) is 1. The summed E-state index contributed by atoms with van der Waals surface area (Å²) in [6, 6.07) is 27.3. The summed E-state index contributed by atoms with van der Waals surface area (Å²) >= 11 is 0. The Bertz CT molecular complexity index is 1900. The summed E-state index contributed by atoms with van der Waals surface area (Å²) in [6.45, 7) is 0. The van der Waals surface area contributed by atoms with Gasteiger partial charge in [-0.2, -0.15) is 0 Å². The van der Waals surface area contributed by atoms with Gasteiger partial charge in [-0.25, -0.2) is 19.9 Å². The number of fused-ring (bicyclic) bond motifs is 1. The Hall–Kier alpha value is -5.90. The Morgan fingerprint density at radius 1 is 0.878 bits per heavy atom. The average Bonchev–Trinajstić information content (AvgIpc) is 3.36. The standard InChI is InChI=1S/C31H23N7O3/c32-28-23(10-5-15-33-28)29-36-25-13-12-24(20-7-2-1-3-8-20)35-30(25)38(29)22-11-14-26(34-18-22)37-31(41)21-9-4-6-19(16-21)17-27(39)40/h1-16,18H,17H2,(H2,32,33)(H,39,40)(H,34,37,41). The zero-order valence-electron chi connectivity index (χ0n) is 21.6. The molecule has 10 nitrogen and oxygen atoms in total. The lowest BCUT2D eigenvalue weighted by Crippen LogP contribution is -2.14. The van der Waals surface area contributed by atoms with Crippen molar-refractivity contribution in [2.45, 2.75) is 6.42 Å². The van der Waals surface area contributed by atoms with Crippen LogP contribution in [0.4, 0.5) is 11.6 Å². The SMILES string of the molecule is Nc1ncccc1-c1nc2ccc(-c3ccccc3)nc2n1-c1ccc(NC(=O)c2cccc(CC(=O)O)c2)nc1. The molecule has 6 aromatic rings. The molecule has 0 unspecified atom stereocenters. The van der Waals surface area contributed by atoms with Gasteiger partial charge in [-0.3, -0.25) is 14.2 Å². The number of carbonyl (C=O) groups excluding carboxylic acids is 1. The minimum Gasteiger partial charge on any atom is -0.481 e. The lowest BCUT2D eigenvalue weighted by molar-refractivity contribution is -0.136. The number of pyridine rings is 3. The van der Waals surface area contributed by atoms with Crippen molar-refractivity contribution < 1.29 is 14.7 Å². The molecule has 0 aliphatic rings. The number of hydrogen-bond donors (Lipinski definition) is 3. The van der Waals surface area contributed by atoms with Gasteiger partial charge >= 0.3 is 5.97 Å². The number of nitrogen functional groups attached to an aromatic ring is 1. The van der Waals surface area contributed by atoms with Crippen LogP contribution in [0.25, 0.3) is 39.5 Å². The van der Waals surface area contributed by atoms with Crippen molar-refractivity contribution in [3.8, 4) is 28.3 Å². The molecule has 4 N–H and O–H groups in total. The molecule has 0 radical (unpaired) electrons. The molecule has 200 valence electrons.